The lowest BCUT2D eigenvalue weighted by Crippen LogP contribution is -2.32. The Morgan fingerprint density at radius 2 is 1.95 bits per heavy atom. The Kier molecular flexibility index (Phi) is 2.92. The second kappa shape index (κ2) is 4.36. The van der Waals surface area contributed by atoms with E-state index >= 15 is 0 Å². The third-order valence-electron chi connectivity index (χ3n) is 5.15. The van der Waals surface area contributed by atoms with E-state index in [1.807, 2.05) is 19.1 Å². The van der Waals surface area contributed by atoms with Crippen molar-refractivity contribution >= 4 is 5.78 Å². The number of carbonyl (C=O) groups is 1. The Balaban J connectivity index is 2.04. The fraction of sp³-hybridized carbons (Fsp3) is 0.588. The number of fused-ring (bicyclic) bond motifs is 1. The zero-order valence-electron chi connectivity index (χ0n) is 12.1. The molecule has 0 radical (unpaired) electrons. The molecule has 0 bridgehead atoms. The molecular weight excluding hydrogens is 236 g/mol. The molecule has 2 heteroatoms. The first kappa shape index (κ1) is 12.7. The normalized spacial score (nSPS) is 29.6. The smallest absolute Gasteiger partial charge is 0.170 e. The van der Waals surface area contributed by atoms with Crippen LogP contribution in [0, 0.1) is 18.3 Å². The van der Waals surface area contributed by atoms with E-state index < -0.39 is 0 Å². The summed E-state index contributed by atoms with van der Waals surface area (Å²) >= 11 is 0. The molecule has 2 aliphatic carbocycles. The molecule has 0 N–H and O–H groups in total. The maximum absolute atomic E-state index is 12.9. The van der Waals surface area contributed by atoms with Gasteiger partial charge >= 0.3 is 0 Å². The number of rotatable bonds is 1. The summed E-state index contributed by atoms with van der Waals surface area (Å²) in [6, 6.07) is 4.02. The van der Waals surface area contributed by atoms with Crippen molar-refractivity contribution in [3.8, 4) is 5.75 Å². The zero-order valence-corrected chi connectivity index (χ0v) is 12.1. The summed E-state index contributed by atoms with van der Waals surface area (Å²) in [7, 11) is 1.70. The van der Waals surface area contributed by atoms with E-state index in [-0.39, 0.29) is 5.41 Å². The fourth-order valence-corrected chi connectivity index (χ4v) is 3.83. The monoisotopic (exact) mass is 258 g/mol. The predicted molar refractivity (Wildman–Crippen MR) is 75.8 cm³/mol. The van der Waals surface area contributed by atoms with Crippen LogP contribution in [0.15, 0.2) is 12.1 Å². The number of methoxy groups -OCH3 is 1. The minimum atomic E-state index is -0.117. The lowest BCUT2D eigenvalue weighted by molar-refractivity contribution is 0.0713. The summed E-state index contributed by atoms with van der Waals surface area (Å²) in [5.74, 6) is 2.04. The van der Waals surface area contributed by atoms with Crippen LogP contribution < -0.4 is 4.74 Å². The van der Waals surface area contributed by atoms with Crippen LogP contribution in [0.4, 0.5) is 0 Å². The highest BCUT2D eigenvalue weighted by Crippen LogP contribution is 2.51. The van der Waals surface area contributed by atoms with Crippen LogP contribution in [-0.4, -0.2) is 12.9 Å². The lowest BCUT2D eigenvalue weighted by atomic mass is 9.68. The number of ketones is 1. The van der Waals surface area contributed by atoms with Crippen LogP contribution in [0.2, 0.25) is 0 Å². The van der Waals surface area contributed by atoms with Crippen LogP contribution >= 0.6 is 0 Å². The van der Waals surface area contributed by atoms with Crippen molar-refractivity contribution in [1.82, 2.24) is 0 Å². The Bertz CT molecular complexity index is 522. The summed E-state index contributed by atoms with van der Waals surface area (Å²) in [5.41, 5.74) is 3.10. The molecular formula is C17H22O2. The van der Waals surface area contributed by atoms with Crippen molar-refractivity contribution in [3.63, 3.8) is 0 Å². The van der Waals surface area contributed by atoms with Crippen LogP contribution in [0.1, 0.15) is 54.1 Å². The van der Waals surface area contributed by atoms with Gasteiger partial charge in [-0.3, -0.25) is 4.79 Å². The molecule has 0 atom stereocenters. The average molecular weight is 258 g/mol. The van der Waals surface area contributed by atoms with Gasteiger partial charge in [0.15, 0.2) is 5.78 Å². The molecule has 0 heterocycles. The Hall–Kier alpha value is -1.31. The maximum atomic E-state index is 12.9. The van der Waals surface area contributed by atoms with Crippen molar-refractivity contribution in [1.29, 1.82) is 0 Å². The molecule has 1 saturated carbocycles. The SMILES string of the molecule is COc1ccc(C)c2c1CC1(CCC(C)CC1)C2=O. The summed E-state index contributed by atoms with van der Waals surface area (Å²) < 4.78 is 5.46. The molecule has 0 aliphatic heterocycles. The van der Waals surface area contributed by atoms with Crippen LogP contribution in [0.25, 0.3) is 0 Å². The maximum Gasteiger partial charge on any atom is 0.170 e. The van der Waals surface area contributed by atoms with Crippen molar-refractivity contribution in [3.05, 3.63) is 28.8 Å². The molecule has 0 unspecified atom stereocenters. The van der Waals surface area contributed by atoms with E-state index in [1.54, 1.807) is 7.11 Å². The van der Waals surface area contributed by atoms with Crippen molar-refractivity contribution < 1.29 is 9.53 Å². The average Bonchev–Trinajstić information content (AvgIpc) is 2.69. The van der Waals surface area contributed by atoms with Gasteiger partial charge in [0.1, 0.15) is 5.75 Å². The van der Waals surface area contributed by atoms with E-state index in [0.717, 1.165) is 47.6 Å². The number of Topliss-reactive ketones (excluding diaryl/α,β-unsaturated/α-hetero) is 1. The molecule has 19 heavy (non-hydrogen) atoms. The Labute approximate surface area is 115 Å². The largest absolute Gasteiger partial charge is 0.496 e. The highest BCUT2D eigenvalue weighted by molar-refractivity contribution is 6.06. The van der Waals surface area contributed by atoms with Gasteiger partial charge < -0.3 is 4.74 Å². The minimum Gasteiger partial charge on any atom is -0.496 e. The van der Waals surface area contributed by atoms with Gasteiger partial charge in [0.25, 0.3) is 0 Å². The molecule has 1 aromatic rings. The number of carbonyl (C=O) groups excluding carboxylic acids is 1. The summed E-state index contributed by atoms with van der Waals surface area (Å²) in [5, 5.41) is 0. The molecule has 102 valence electrons. The summed E-state index contributed by atoms with van der Waals surface area (Å²) in [6.07, 6.45) is 5.34. The van der Waals surface area contributed by atoms with Crippen LogP contribution in [0.5, 0.6) is 5.75 Å². The molecule has 1 aromatic carbocycles. The van der Waals surface area contributed by atoms with Crippen LogP contribution in [-0.2, 0) is 6.42 Å². The molecule has 3 rings (SSSR count). The lowest BCUT2D eigenvalue weighted by Gasteiger charge is -2.34. The van der Waals surface area contributed by atoms with E-state index in [1.165, 1.54) is 12.8 Å². The predicted octanol–water partition coefficient (Wildman–Crippen LogP) is 3.94. The van der Waals surface area contributed by atoms with Gasteiger partial charge in [0, 0.05) is 16.5 Å². The standard InChI is InChI=1S/C17H22O2/c1-11-6-8-17(9-7-11)10-13-14(19-3)5-4-12(2)15(13)16(17)18/h4-5,11H,6-10H2,1-3H3. The first-order valence-corrected chi connectivity index (χ1v) is 7.29. The molecule has 2 nitrogen and oxygen atoms in total. The second-order valence-corrected chi connectivity index (χ2v) is 6.41. The van der Waals surface area contributed by atoms with Gasteiger partial charge in [-0.25, -0.2) is 0 Å². The van der Waals surface area contributed by atoms with Gasteiger partial charge in [-0.1, -0.05) is 13.0 Å². The Morgan fingerprint density at radius 3 is 2.58 bits per heavy atom. The van der Waals surface area contributed by atoms with E-state index in [4.69, 9.17) is 4.74 Å². The van der Waals surface area contributed by atoms with Gasteiger partial charge in [-0.05, 0) is 56.6 Å². The van der Waals surface area contributed by atoms with Gasteiger partial charge in [-0.2, -0.15) is 0 Å². The first-order chi connectivity index (χ1) is 9.07. The third-order valence-corrected chi connectivity index (χ3v) is 5.15. The first-order valence-electron chi connectivity index (χ1n) is 7.29. The van der Waals surface area contributed by atoms with Crippen molar-refractivity contribution in [2.75, 3.05) is 7.11 Å². The van der Waals surface area contributed by atoms with Gasteiger partial charge in [-0.15, -0.1) is 0 Å². The number of aryl methyl sites for hydroxylation is 1. The number of hydrogen-bond acceptors (Lipinski definition) is 2. The van der Waals surface area contributed by atoms with Gasteiger partial charge in [0.05, 0.1) is 7.11 Å². The topological polar surface area (TPSA) is 26.3 Å². The number of hydrogen-bond donors (Lipinski definition) is 0. The zero-order chi connectivity index (χ0) is 13.6. The molecule has 0 saturated heterocycles. The van der Waals surface area contributed by atoms with E-state index in [9.17, 15) is 4.79 Å². The van der Waals surface area contributed by atoms with E-state index in [0.29, 0.717) is 5.78 Å². The molecule has 1 fully saturated rings. The highest BCUT2D eigenvalue weighted by Gasteiger charge is 2.48. The number of ether oxygens (including phenoxy) is 1. The van der Waals surface area contributed by atoms with Crippen molar-refractivity contribution in [2.45, 2.75) is 46.0 Å². The van der Waals surface area contributed by atoms with Gasteiger partial charge in [0.2, 0.25) is 0 Å². The summed E-state index contributed by atoms with van der Waals surface area (Å²) in [6.45, 7) is 4.34. The summed E-state index contributed by atoms with van der Waals surface area (Å²) in [4.78, 5) is 12.9. The second-order valence-electron chi connectivity index (χ2n) is 6.41. The molecule has 0 aromatic heterocycles. The quantitative estimate of drug-likeness (QED) is 0.762. The fourth-order valence-electron chi connectivity index (χ4n) is 3.83. The third kappa shape index (κ3) is 1.80. The Morgan fingerprint density at radius 1 is 1.26 bits per heavy atom. The van der Waals surface area contributed by atoms with Crippen molar-refractivity contribution in [2.24, 2.45) is 11.3 Å². The van der Waals surface area contributed by atoms with E-state index in [2.05, 4.69) is 6.92 Å². The molecule has 1 spiro atoms. The highest BCUT2D eigenvalue weighted by atomic mass is 16.5. The molecule has 2 aliphatic rings. The minimum absolute atomic E-state index is 0.117. The number of benzene rings is 1. The molecule has 0 amide bonds. The van der Waals surface area contributed by atoms with Crippen LogP contribution in [0.3, 0.4) is 0 Å².